The first-order valence-electron chi connectivity index (χ1n) is 23.1. The van der Waals surface area contributed by atoms with Gasteiger partial charge in [-0.25, -0.2) is 9.59 Å². The third kappa shape index (κ3) is 14.3. The van der Waals surface area contributed by atoms with Crippen molar-refractivity contribution in [2.24, 2.45) is 5.92 Å². The third-order valence-corrected chi connectivity index (χ3v) is 12.0. The van der Waals surface area contributed by atoms with E-state index in [1.807, 2.05) is 0 Å². The summed E-state index contributed by atoms with van der Waals surface area (Å²) in [5.74, 6) is -3.18. The number of hydrogen-bond acceptors (Lipinski definition) is 23. The molecule has 72 heavy (non-hydrogen) atoms. The maximum Gasteiger partial charge on any atom is 0.339 e. The van der Waals surface area contributed by atoms with Crippen molar-refractivity contribution in [2.45, 2.75) is 138 Å². The Morgan fingerprint density at radius 2 is 1.03 bits per heavy atom. The fourth-order valence-electron chi connectivity index (χ4n) is 7.99. The molecule has 3 aliphatic rings. The molecule has 3 heterocycles. The summed E-state index contributed by atoms with van der Waals surface area (Å²) in [5.41, 5.74) is -0.869. The molecule has 0 amide bonds. The number of rotatable bonds is 21. The molecule has 0 saturated carbocycles. The second kappa shape index (κ2) is 25.7. The van der Waals surface area contributed by atoms with Gasteiger partial charge in [-0.3, -0.25) is 4.79 Å². The van der Waals surface area contributed by atoms with Crippen LogP contribution in [0.3, 0.4) is 0 Å². The Kier molecular flexibility index (Phi) is 20.0. The van der Waals surface area contributed by atoms with Crippen molar-refractivity contribution in [1.29, 1.82) is 0 Å². The molecule has 16 atom stereocenters. The van der Waals surface area contributed by atoms with Crippen molar-refractivity contribution in [2.75, 3.05) is 19.8 Å². The van der Waals surface area contributed by atoms with Crippen LogP contribution in [0.5, 0.6) is 11.5 Å². The van der Waals surface area contributed by atoms with Crippen molar-refractivity contribution in [3.63, 3.8) is 0 Å². The van der Waals surface area contributed by atoms with E-state index < -0.39 is 154 Å². The van der Waals surface area contributed by atoms with Crippen LogP contribution in [0.4, 0.5) is 0 Å². The predicted octanol–water partition coefficient (Wildman–Crippen LogP) is -1.91. The van der Waals surface area contributed by atoms with E-state index in [2.05, 4.69) is 0 Å². The van der Waals surface area contributed by atoms with E-state index in [9.17, 15) is 70.6 Å². The summed E-state index contributed by atoms with van der Waals surface area (Å²) in [6.45, 7) is 0.596. The van der Waals surface area contributed by atoms with Crippen LogP contribution in [-0.4, -0.2) is 192 Å². The van der Waals surface area contributed by atoms with E-state index in [0.29, 0.717) is 16.7 Å². The molecule has 3 aromatic rings. The second-order valence-electron chi connectivity index (χ2n) is 17.9. The highest BCUT2D eigenvalue weighted by Crippen LogP contribution is 2.35. The number of carbonyl (C=O) groups is 3. The molecular weight excluding hydrogens is 957 g/mol. The largest absolute Gasteiger partial charge is 0.462 e. The molecule has 3 saturated heterocycles. The molecule has 0 aliphatic carbocycles. The number of benzene rings is 3. The molecule has 23 heteroatoms. The summed E-state index contributed by atoms with van der Waals surface area (Å²) in [6, 6.07) is 20.4. The van der Waals surface area contributed by atoms with Crippen LogP contribution < -0.4 is 9.47 Å². The lowest BCUT2D eigenvalue weighted by Crippen LogP contribution is -2.62. The van der Waals surface area contributed by atoms with E-state index in [1.54, 1.807) is 44.2 Å². The molecule has 0 unspecified atom stereocenters. The molecule has 6 rings (SSSR count). The molecule has 0 spiro atoms. The smallest absolute Gasteiger partial charge is 0.339 e. The molecule has 3 aliphatic heterocycles. The van der Waals surface area contributed by atoms with E-state index in [4.69, 9.17) is 42.6 Å². The second-order valence-corrected chi connectivity index (χ2v) is 17.9. The Labute approximate surface area is 412 Å². The first-order chi connectivity index (χ1) is 34.3. The lowest BCUT2D eigenvalue weighted by Gasteiger charge is -2.43. The average Bonchev–Trinajstić information content (AvgIpc) is 3.37. The van der Waals surface area contributed by atoms with Crippen LogP contribution in [-0.2, 0) is 60.8 Å². The average molecular weight is 1020 g/mol. The van der Waals surface area contributed by atoms with Gasteiger partial charge in [0.15, 0.2) is 11.9 Å². The lowest BCUT2D eigenvalue weighted by atomic mass is 9.88. The molecule has 3 aromatic carbocycles. The Hall–Kier alpha value is -5.19. The van der Waals surface area contributed by atoms with Gasteiger partial charge in [0.05, 0.1) is 19.6 Å². The van der Waals surface area contributed by atoms with Gasteiger partial charge in [0.2, 0.25) is 12.6 Å². The van der Waals surface area contributed by atoms with Crippen LogP contribution in [0.15, 0.2) is 84.9 Å². The highest BCUT2D eigenvalue weighted by molar-refractivity contribution is 5.87. The van der Waals surface area contributed by atoms with Crippen LogP contribution in [0.25, 0.3) is 6.08 Å². The summed E-state index contributed by atoms with van der Waals surface area (Å²) >= 11 is 0. The van der Waals surface area contributed by atoms with Gasteiger partial charge in [-0.2, -0.15) is 0 Å². The van der Waals surface area contributed by atoms with E-state index in [1.165, 1.54) is 54.6 Å². The number of hydrogen-bond donors (Lipinski definition) is 11. The first-order valence-corrected chi connectivity index (χ1v) is 23.1. The first kappa shape index (κ1) is 56.1. The van der Waals surface area contributed by atoms with E-state index in [-0.39, 0.29) is 24.5 Å². The molecule has 396 valence electrons. The van der Waals surface area contributed by atoms with Gasteiger partial charge in [-0.15, -0.1) is 0 Å². The van der Waals surface area contributed by atoms with Crippen LogP contribution >= 0.6 is 0 Å². The minimum atomic E-state index is -2.33. The Bertz CT molecular complexity index is 2210. The summed E-state index contributed by atoms with van der Waals surface area (Å²) in [4.78, 5) is 40.9. The predicted molar refractivity (Wildman–Crippen MR) is 242 cm³/mol. The topological polar surface area (TPSA) is 357 Å². The number of carbonyl (C=O) groups excluding carboxylic acids is 3. The fraction of sp³-hybridized carbons (Fsp3) is 0.531. The van der Waals surface area contributed by atoms with Gasteiger partial charge in [-0.05, 0) is 59.4 Å². The summed E-state index contributed by atoms with van der Waals surface area (Å²) in [7, 11) is 0. The minimum absolute atomic E-state index is 0.113. The zero-order valence-electron chi connectivity index (χ0n) is 39.2. The maximum atomic E-state index is 14.5. The van der Waals surface area contributed by atoms with Gasteiger partial charge in [-0.1, -0.05) is 68.4 Å². The van der Waals surface area contributed by atoms with Crippen molar-refractivity contribution in [3.8, 4) is 11.5 Å². The zero-order chi connectivity index (χ0) is 52.3. The third-order valence-electron chi connectivity index (χ3n) is 12.0. The number of aliphatic hydroxyl groups is 11. The minimum Gasteiger partial charge on any atom is -0.462 e. The zero-order valence-corrected chi connectivity index (χ0v) is 39.2. The van der Waals surface area contributed by atoms with Gasteiger partial charge < -0.3 is 98.8 Å². The number of esters is 3. The van der Waals surface area contributed by atoms with Gasteiger partial charge >= 0.3 is 17.9 Å². The molecule has 3 fully saturated rings. The standard InChI is InChI=1S/C49H62O23/c1-25(2)18-49(48(63)66-23-28-10-15-30(16-11-28)68-46-43(61)40(58)37(55)32(21-51)70-46,72-47-44(62)41(59)38(56)33(71-47)24-65-34(52)17-12-26-6-4-3-5-7-26)19-35(53)64-22-27-8-13-29(14-9-27)67-45-42(60)39(57)36(54)31(20-50)69-45/h3-17,25,31-33,36-47,50-51,54-62H,18-24H2,1-2H3/b17-12+/t31-,32-,33-,36-,37-,38-,39+,40+,41+,42-,43-,44-,45-,46-,47+,49-/m1/s1. The molecule has 0 radical (unpaired) electrons. The fourth-order valence-corrected chi connectivity index (χ4v) is 7.99. The van der Waals surface area contributed by atoms with Crippen molar-refractivity contribution < 1.29 is 113 Å². The Balaban J connectivity index is 1.17. The highest BCUT2D eigenvalue weighted by Gasteiger charge is 2.53. The summed E-state index contributed by atoms with van der Waals surface area (Å²) < 4.78 is 50.7. The number of ether oxygens (including phenoxy) is 9. The molecule has 0 bridgehead atoms. The highest BCUT2D eigenvalue weighted by atomic mass is 16.7. The Morgan fingerprint density at radius 1 is 0.569 bits per heavy atom. The van der Waals surface area contributed by atoms with E-state index >= 15 is 0 Å². The Morgan fingerprint density at radius 3 is 1.51 bits per heavy atom. The SMILES string of the molecule is CC(C)C[C@](CC(=O)OCc1ccc(O[C@@H]2O[C@H](CO)[C@@H](O)[C@H](O)[C@H]2O)cc1)(O[C@@H]1O[C@H](COC(=O)/C=C/c2ccccc2)[C@@H](O)[C@H](O)[C@H]1O)C(=O)OCc1ccc(O[C@@H]2O[C@H](CO)[C@@H](O)[C@H](O)[C@H]2O)cc1. The van der Waals surface area contributed by atoms with Gasteiger partial charge in [0, 0.05) is 6.08 Å². The summed E-state index contributed by atoms with van der Waals surface area (Å²) in [5, 5.41) is 113. The van der Waals surface area contributed by atoms with Crippen molar-refractivity contribution in [3.05, 3.63) is 102 Å². The molecule has 23 nitrogen and oxygen atoms in total. The lowest BCUT2D eigenvalue weighted by molar-refractivity contribution is -0.327. The van der Waals surface area contributed by atoms with Crippen LogP contribution in [0.2, 0.25) is 0 Å². The molecule has 0 aromatic heterocycles. The molecule has 11 N–H and O–H groups in total. The number of aliphatic hydroxyl groups excluding tert-OH is 11. The van der Waals surface area contributed by atoms with E-state index in [0.717, 1.165) is 6.08 Å². The van der Waals surface area contributed by atoms with Gasteiger partial charge in [0.1, 0.15) is 105 Å². The van der Waals surface area contributed by atoms with Crippen LogP contribution in [0, 0.1) is 5.92 Å². The van der Waals surface area contributed by atoms with Crippen molar-refractivity contribution in [1.82, 2.24) is 0 Å². The maximum absolute atomic E-state index is 14.5. The summed E-state index contributed by atoms with van der Waals surface area (Å²) in [6.07, 6.45) is -23.0. The van der Waals surface area contributed by atoms with Crippen LogP contribution in [0.1, 0.15) is 43.4 Å². The van der Waals surface area contributed by atoms with Gasteiger partial charge in [0.25, 0.3) is 0 Å². The molecular formula is C49H62O23. The monoisotopic (exact) mass is 1020 g/mol. The quantitative estimate of drug-likeness (QED) is 0.0315. The van der Waals surface area contributed by atoms with Crippen molar-refractivity contribution >= 4 is 24.0 Å². The normalized spacial score (nSPS) is 31.6.